The summed E-state index contributed by atoms with van der Waals surface area (Å²) < 4.78 is 0. The van der Waals surface area contributed by atoms with Crippen molar-refractivity contribution in [3.8, 4) is 0 Å². The van der Waals surface area contributed by atoms with Gasteiger partial charge in [0.25, 0.3) is 11.8 Å². The first-order valence-corrected chi connectivity index (χ1v) is 9.68. The summed E-state index contributed by atoms with van der Waals surface area (Å²) in [7, 11) is 3.89. The smallest absolute Gasteiger partial charge is 0.327 e. The molecule has 0 bridgehead atoms. The monoisotopic (exact) mass is 392 g/mol. The Balaban J connectivity index is 1.47. The second kappa shape index (κ2) is 7.58. The van der Waals surface area contributed by atoms with Crippen LogP contribution in [-0.4, -0.2) is 72.3 Å². The molecule has 1 unspecified atom stereocenters. The highest BCUT2D eigenvalue weighted by atomic mass is 16.2. The van der Waals surface area contributed by atoms with E-state index in [1.807, 2.05) is 61.5 Å². The number of benzene rings is 2. The van der Waals surface area contributed by atoms with Gasteiger partial charge in [-0.25, -0.2) is 4.79 Å². The van der Waals surface area contributed by atoms with Gasteiger partial charge in [0.2, 0.25) is 0 Å². The minimum atomic E-state index is -0.607. The van der Waals surface area contributed by atoms with Crippen LogP contribution in [-0.2, 0) is 11.3 Å². The fourth-order valence-corrected chi connectivity index (χ4v) is 3.83. The summed E-state index contributed by atoms with van der Waals surface area (Å²) in [5, 5.41) is 0. The Morgan fingerprint density at radius 2 is 1.69 bits per heavy atom. The van der Waals surface area contributed by atoms with E-state index in [2.05, 4.69) is 0 Å². The van der Waals surface area contributed by atoms with Crippen LogP contribution in [0.15, 0.2) is 54.6 Å². The third kappa shape index (κ3) is 3.55. The van der Waals surface area contributed by atoms with Gasteiger partial charge in [0.15, 0.2) is 0 Å². The lowest BCUT2D eigenvalue weighted by Crippen LogP contribution is -2.54. The fourth-order valence-electron chi connectivity index (χ4n) is 3.83. The van der Waals surface area contributed by atoms with E-state index in [9.17, 15) is 14.4 Å². The topological polar surface area (TPSA) is 64.2 Å². The number of imide groups is 1. The van der Waals surface area contributed by atoms with Gasteiger partial charge in [-0.3, -0.25) is 14.5 Å². The van der Waals surface area contributed by atoms with Gasteiger partial charge in [-0.1, -0.05) is 30.3 Å². The number of fused-ring (bicyclic) bond motifs is 1. The first kappa shape index (κ1) is 19.0. The molecule has 7 heteroatoms. The minimum absolute atomic E-state index is 0.114. The lowest BCUT2D eigenvalue weighted by atomic mass is 10.1. The molecule has 1 atom stereocenters. The molecule has 2 fully saturated rings. The van der Waals surface area contributed by atoms with Crippen LogP contribution in [0.4, 0.5) is 10.5 Å². The molecule has 2 aliphatic rings. The first-order chi connectivity index (χ1) is 14.0. The molecule has 4 rings (SSSR count). The summed E-state index contributed by atoms with van der Waals surface area (Å²) >= 11 is 0. The maximum absolute atomic E-state index is 12.9. The summed E-state index contributed by atoms with van der Waals surface area (Å²) in [6.45, 7) is 1.26. The zero-order chi connectivity index (χ0) is 20.5. The number of nitrogens with zero attached hydrogens (tertiary/aromatic N) is 4. The molecule has 0 saturated carbocycles. The van der Waals surface area contributed by atoms with Gasteiger partial charge in [-0.05, 0) is 29.8 Å². The maximum Gasteiger partial charge on any atom is 0.327 e. The van der Waals surface area contributed by atoms with Crippen molar-refractivity contribution in [2.24, 2.45) is 0 Å². The van der Waals surface area contributed by atoms with E-state index in [4.69, 9.17) is 0 Å². The van der Waals surface area contributed by atoms with E-state index in [1.165, 1.54) is 4.90 Å². The maximum atomic E-state index is 12.9. The van der Waals surface area contributed by atoms with E-state index >= 15 is 0 Å². The second-order valence-corrected chi connectivity index (χ2v) is 7.59. The Morgan fingerprint density at radius 3 is 2.34 bits per heavy atom. The zero-order valence-electron chi connectivity index (χ0n) is 16.6. The van der Waals surface area contributed by atoms with Crippen LogP contribution in [0.2, 0.25) is 0 Å². The van der Waals surface area contributed by atoms with Crippen molar-refractivity contribution < 1.29 is 14.4 Å². The Kier molecular flexibility index (Phi) is 4.96. The van der Waals surface area contributed by atoms with Crippen LogP contribution in [0.3, 0.4) is 0 Å². The standard InChI is InChI=1S/C22H24N4O3/c1-23(2)18-10-8-17(9-11-18)20(27)24-12-13-25-19(15-24)21(28)26(22(25)29)14-16-6-4-3-5-7-16/h3-11,19H,12-15H2,1-2H3. The van der Waals surface area contributed by atoms with Crippen LogP contribution < -0.4 is 4.90 Å². The number of anilines is 1. The fraction of sp³-hybridized carbons (Fsp3) is 0.318. The first-order valence-electron chi connectivity index (χ1n) is 9.68. The van der Waals surface area contributed by atoms with E-state index in [1.54, 1.807) is 21.9 Å². The number of carbonyl (C=O) groups is 3. The number of urea groups is 1. The number of piperazine rings is 1. The molecule has 2 heterocycles. The Labute approximate surface area is 170 Å². The molecule has 0 N–H and O–H groups in total. The normalized spacial score (nSPS) is 18.8. The molecule has 2 aromatic carbocycles. The van der Waals surface area contributed by atoms with Crippen molar-refractivity contribution in [3.05, 3.63) is 65.7 Å². The number of hydrogen-bond acceptors (Lipinski definition) is 4. The van der Waals surface area contributed by atoms with E-state index < -0.39 is 6.04 Å². The van der Waals surface area contributed by atoms with Crippen LogP contribution in [0, 0.1) is 0 Å². The zero-order valence-corrected chi connectivity index (χ0v) is 16.6. The van der Waals surface area contributed by atoms with Crippen LogP contribution >= 0.6 is 0 Å². The van der Waals surface area contributed by atoms with Crippen molar-refractivity contribution in [1.29, 1.82) is 0 Å². The SMILES string of the molecule is CN(C)c1ccc(C(=O)N2CCN3C(=O)N(Cc4ccccc4)C(=O)C3C2)cc1. The highest BCUT2D eigenvalue weighted by Gasteiger charge is 2.48. The van der Waals surface area contributed by atoms with Gasteiger partial charge in [0.05, 0.1) is 13.1 Å². The van der Waals surface area contributed by atoms with E-state index in [-0.39, 0.29) is 30.9 Å². The molecule has 4 amide bonds. The summed E-state index contributed by atoms with van der Waals surface area (Å²) in [5.41, 5.74) is 2.50. The molecule has 2 aromatic rings. The molecule has 29 heavy (non-hydrogen) atoms. The van der Waals surface area contributed by atoms with E-state index in [0.717, 1.165) is 11.3 Å². The van der Waals surface area contributed by atoms with Gasteiger partial charge in [0, 0.05) is 38.4 Å². The quantitative estimate of drug-likeness (QED) is 0.747. The lowest BCUT2D eigenvalue weighted by molar-refractivity contribution is -0.129. The molecule has 0 radical (unpaired) electrons. The average molecular weight is 392 g/mol. The second-order valence-electron chi connectivity index (χ2n) is 7.59. The predicted molar refractivity (Wildman–Crippen MR) is 110 cm³/mol. The van der Waals surface area contributed by atoms with Crippen molar-refractivity contribution in [2.45, 2.75) is 12.6 Å². The Morgan fingerprint density at radius 1 is 1.00 bits per heavy atom. The van der Waals surface area contributed by atoms with Gasteiger partial charge < -0.3 is 14.7 Å². The molecule has 7 nitrogen and oxygen atoms in total. The lowest BCUT2D eigenvalue weighted by Gasteiger charge is -2.35. The molecule has 0 spiro atoms. The molecule has 0 aliphatic carbocycles. The van der Waals surface area contributed by atoms with Crippen molar-refractivity contribution in [1.82, 2.24) is 14.7 Å². The van der Waals surface area contributed by atoms with Gasteiger partial charge in [0.1, 0.15) is 6.04 Å². The van der Waals surface area contributed by atoms with Crippen molar-refractivity contribution in [3.63, 3.8) is 0 Å². The minimum Gasteiger partial charge on any atom is -0.378 e. The third-order valence-electron chi connectivity index (χ3n) is 5.51. The van der Waals surface area contributed by atoms with Crippen LogP contribution in [0.1, 0.15) is 15.9 Å². The highest BCUT2D eigenvalue weighted by molar-refractivity contribution is 6.05. The highest BCUT2D eigenvalue weighted by Crippen LogP contribution is 2.25. The average Bonchev–Trinajstić information content (AvgIpc) is 2.98. The van der Waals surface area contributed by atoms with Crippen LogP contribution in [0.25, 0.3) is 0 Å². The third-order valence-corrected chi connectivity index (χ3v) is 5.51. The summed E-state index contributed by atoms with van der Waals surface area (Å²) in [5.74, 6) is -0.351. The van der Waals surface area contributed by atoms with Crippen molar-refractivity contribution in [2.75, 3.05) is 38.6 Å². The molecular formula is C22H24N4O3. The predicted octanol–water partition coefficient (Wildman–Crippen LogP) is 2.04. The number of rotatable bonds is 4. The van der Waals surface area contributed by atoms with Crippen molar-refractivity contribution >= 4 is 23.5 Å². The Hall–Kier alpha value is -3.35. The molecule has 2 saturated heterocycles. The van der Waals surface area contributed by atoms with Gasteiger partial charge in [-0.15, -0.1) is 0 Å². The summed E-state index contributed by atoms with van der Waals surface area (Å²) in [4.78, 5) is 45.1. The molecule has 0 aromatic heterocycles. The number of amides is 4. The largest absolute Gasteiger partial charge is 0.378 e. The van der Waals surface area contributed by atoms with Gasteiger partial charge >= 0.3 is 6.03 Å². The number of carbonyl (C=O) groups excluding carboxylic acids is 3. The Bertz CT molecular complexity index is 927. The number of hydrogen-bond donors (Lipinski definition) is 0. The molecular weight excluding hydrogens is 368 g/mol. The molecule has 2 aliphatic heterocycles. The van der Waals surface area contributed by atoms with Crippen LogP contribution in [0.5, 0.6) is 0 Å². The molecule has 150 valence electrons. The summed E-state index contributed by atoms with van der Waals surface area (Å²) in [6, 6.07) is 16.0. The summed E-state index contributed by atoms with van der Waals surface area (Å²) in [6.07, 6.45) is 0. The van der Waals surface area contributed by atoms with Gasteiger partial charge in [-0.2, -0.15) is 0 Å². The van der Waals surface area contributed by atoms with E-state index in [0.29, 0.717) is 18.7 Å².